The second-order valence-electron chi connectivity index (χ2n) is 6.52. The summed E-state index contributed by atoms with van der Waals surface area (Å²) in [6.07, 6.45) is 0. The van der Waals surface area contributed by atoms with Crippen molar-refractivity contribution >= 4 is 55.0 Å². The van der Waals surface area contributed by atoms with Crippen molar-refractivity contribution in [3.63, 3.8) is 0 Å². The first-order chi connectivity index (χ1) is 13.3. The summed E-state index contributed by atoms with van der Waals surface area (Å²) in [6, 6.07) is 9.57. The number of amides is 1. The number of carbonyl (C=O) groups excluding carboxylic acids is 2. The minimum absolute atomic E-state index is 0.275. The number of anilines is 1. The number of nitrogen functional groups attached to an aromatic ring is 1. The van der Waals surface area contributed by atoms with E-state index in [1.54, 1.807) is 7.05 Å². The van der Waals surface area contributed by atoms with E-state index in [9.17, 15) is 9.59 Å². The van der Waals surface area contributed by atoms with Crippen LogP contribution in [0.4, 0.5) is 5.69 Å². The van der Waals surface area contributed by atoms with Gasteiger partial charge in [-0.1, -0.05) is 34.1 Å². The van der Waals surface area contributed by atoms with Gasteiger partial charge in [0.15, 0.2) is 6.61 Å². The van der Waals surface area contributed by atoms with E-state index in [4.69, 9.17) is 10.5 Å². The lowest BCUT2D eigenvalue weighted by Gasteiger charge is -2.18. The number of thiophene rings is 1. The van der Waals surface area contributed by atoms with E-state index in [0.29, 0.717) is 17.1 Å². The maximum atomic E-state index is 12.5. The zero-order valence-electron chi connectivity index (χ0n) is 15.8. The summed E-state index contributed by atoms with van der Waals surface area (Å²) in [7, 11) is 1.67. The number of aromatic nitrogens is 1. The van der Waals surface area contributed by atoms with Crippen LogP contribution in [0.25, 0.3) is 10.2 Å². The first-order valence-corrected chi connectivity index (χ1v) is 10.2. The van der Waals surface area contributed by atoms with Crippen LogP contribution in [-0.4, -0.2) is 35.4 Å². The summed E-state index contributed by atoms with van der Waals surface area (Å²) in [4.78, 5) is 31.7. The number of nitrogens with two attached hydrogens (primary N) is 1. The Balaban J connectivity index is 1.67. The number of hydrogen-bond acceptors (Lipinski definition) is 6. The fraction of sp³-hybridized carbons (Fsp3) is 0.250. The van der Waals surface area contributed by atoms with Crippen molar-refractivity contribution in [2.45, 2.75) is 20.4 Å². The molecule has 0 unspecified atom stereocenters. The molecule has 0 saturated heterocycles. The molecule has 2 N–H and O–H groups in total. The highest BCUT2D eigenvalue weighted by Gasteiger charge is 2.21. The van der Waals surface area contributed by atoms with Crippen LogP contribution in [-0.2, 0) is 16.1 Å². The SMILES string of the molecule is Cc1cc(C)c2c(N)c(C(=O)OCC(=O)N(C)Cc3ccccc3Br)sc2n1. The highest BCUT2D eigenvalue weighted by Crippen LogP contribution is 2.35. The molecule has 146 valence electrons. The number of pyridine rings is 1. The second kappa shape index (κ2) is 8.28. The van der Waals surface area contributed by atoms with Crippen LogP contribution in [0.2, 0.25) is 0 Å². The number of likely N-dealkylation sites (N-methyl/N-ethyl adjacent to an activating group) is 1. The van der Waals surface area contributed by atoms with Gasteiger partial charge in [-0.3, -0.25) is 4.79 Å². The second-order valence-corrected chi connectivity index (χ2v) is 8.38. The maximum absolute atomic E-state index is 12.5. The standard InChI is InChI=1S/C20H20BrN3O3S/c1-11-8-12(2)23-19-16(11)17(22)18(28-19)20(26)27-10-15(25)24(3)9-13-6-4-5-7-14(13)21/h4-8H,9-10,22H2,1-3H3. The summed E-state index contributed by atoms with van der Waals surface area (Å²) in [5, 5.41) is 0.764. The molecule has 28 heavy (non-hydrogen) atoms. The molecule has 3 aromatic rings. The number of ether oxygens (including phenoxy) is 1. The van der Waals surface area contributed by atoms with Crippen molar-refractivity contribution < 1.29 is 14.3 Å². The third-order valence-corrected chi connectivity index (χ3v) is 6.18. The summed E-state index contributed by atoms with van der Waals surface area (Å²) in [5.41, 5.74) is 9.28. The number of halogens is 1. The molecule has 0 bridgehead atoms. The minimum atomic E-state index is -0.611. The monoisotopic (exact) mass is 461 g/mol. The Labute approximate surface area is 175 Å². The summed E-state index contributed by atoms with van der Waals surface area (Å²) >= 11 is 4.64. The molecule has 2 aromatic heterocycles. The van der Waals surface area contributed by atoms with Crippen molar-refractivity contribution in [3.8, 4) is 0 Å². The molecule has 0 atom stereocenters. The molecule has 0 fully saturated rings. The molecule has 0 aliphatic rings. The highest BCUT2D eigenvalue weighted by molar-refractivity contribution is 9.10. The topological polar surface area (TPSA) is 85.5 Å². The van der Waals surface area contributed by atoms with Gasteiger partial charge in [0.1, 0.15) is 9.71 Å². The predicted molar refractivity (Wildman–Crippen MR) is 114 cm³/mol. The molecule has 8 heteroatoms. The molecule has 0 aliphatic carbocycles. The van der Waals surface area contributed by atoms with Gasteiger partial charge in [0.05, 0.1) is 5.69 Å². The van der Waals surface area contributed by atoms with Crippen LogP contribution >= 0.6 is 27.3 Å². The van der Waals surface area contributed by atoms with E-state index in [1.807, 2.05) is 44.2 Å². The molecule has 0 radical (unpaired) electrons. The third-order valence-electron chi connectivity index (χ3n) is 4.33. The van der Waals surface area contributed by atoms with Gasteiger partial charge >= 0.3 is 5.97 Å². The van der Waals surface area contributed by atoms with E-state index in [0.717, 1.165) is 26.7 Å². The average molecular weight is 462 g/mol. The van der Waals surface area contributed by atoms with Crippen LogP contribution in [0, 0.1) is 13.8 Å². The Morgan fingerprint density at radius 1 is 1.29 bits per heavy atom. The lowest BCUT2D eigenvalue weighted by Crippen LogP contribution is -2.30. The Hall–Kier alpha value is -2.45. The normalized spacial score (nSPS) is 10.9. The van der Waals surface area contributed by atoms with Gasteiger partial charge < -0.3 is 15.4 Å². The predicted octanol–water partition coefficient (Wildman–Crippen LogP) is 4.07. The van der Waals surface area contributed by atoms with Crippen molar-refractivity contribution in [3.05, 3.63) is 56.5 Å². The number of fused-ring (bicyclic) bond motifs is 1. The molecular weight excluding hydrogens is 442 g/mol. The average Bonchev–Trinajstić information content (AvgIpc) is 2.97. The Bertz CT molecular complexity index is 1060. The van der Waals surface area contributed by atoms with Gasteiger partial charge in [-0.2, -0.15) is 0 Å². The zero-order valence-corrected chi connectivity index (χ0v) is 18.2. The Kier molecular flexibility index (Phi) is 6.00. The molecule has 6 nitrogen and oxygen atoms in total. The Morgan fingerprint density at radius 3 is 2.71 bits per heavy atom. The molecule has 1 amide bonds. The molecule has 0 saturated carbocycles. The molecule has 0 aliphatic heterocycles. The number of benzene rings is 1. The van der Waals surface area contributed by atoms with E-state index >= 15 is 0 Å². The Morgan fingerprint density at radius 2 is 2.00 bits per heavy atom. The van der Waals surface area contributed by atoms with Gasteiger partial charge in [-0.25, -0.2) is 9.78 Å². The molecule has 0 spiro atoms. The summed E-state index contributed by atoms with van der Waals surface area (Å²) in [5.74, 6) is -0.908. The number of rotatable bonds is 5. The number of carbonyl (C=O) groups is 2. The smallest absolute Gasteiger partial charge is 0.351 e. The number of nitrogens with zero attached hydrogens (tertiary/aromatic N) is 2. The third kappa shape index (κ3) is 4.18. The van der Waals surface area contributed by atoms with Crippen LogP contribution in [0.15, 0.2) is 34.8 Å². The number of esters is 1. The van der Waals surface area contributed by atoms with Gasteiger partial charge in [-0.05, 0) is 37.1 Å². The molecule has 2 heterocycles. The van der Waals surface area contributed by atoms with Gasteiger partial charge in [-0.15, -0.1) is 11.3 Å². The van der Waals surface area contributed by atoms with E-state index < -0.39 is 5.97 Å². The van der Waals surface area contributed by atoms with E-state index in [-0.39, 0.29) is 17.4 Å². The number of hydrogen-bond donors (Lipinski definition) is 1. The zero-order chi connectivity index (χ0) is 20.4. The van der Waals surface area contributed by atoms with Crippen LogP contribution < -0.4 is 5.73 Å². The molecule has 1 aromatic carbocycles. The minimum Gasteiger partial charge on any atom is -0.451 e. The van der Waals surface area contributed by atoms with Gasteiger partial charge in [0, 0.05) is 29.1 Å². The van der Waals surface area contributed by atoms with Crippen molar-refractivity contribution in [2.24, 2.45) is 0 Å². The lowest BCUT2D eigenvalue weighted by atomic mass is 10.1. The molecule has 3 rings (SSSR count). The van der Waals surface area contributed by atoms with Crippen molar-refractivity contribution in [1.29, 1.82) is 0 Å². The summed E-state index contributed by atoms with van der Waals surface area (Å²) < 4.78 is 6.14. The maximum Gasteiger partial charge on any atom is 0.351 e. The first-order valence-electron chi connectivity index (χ1n) is 8.58. The van der Waals surface area contributed by atoms with E-state index in [1.165, 1.54) is 16.2 Å². The number of aryl methyl sites for hydroxylation is 2. The van der Waals surface area contributed by atoms with Crippen LogP contribution in [0.3, 0.4) is 0 Å². The van der Waals surface area contributed by atoms with Crippen LogP contribution in [0.1, 0.15) is 26.5 Å². The fourth-order valence-corrected chi connectivity index (χ4v) is 4.41. The largest absolute Gasteiger partial charge is 0.451 e. The lowest BCUT2D eigenvalue weighted by molar-refractivity contribution is -0.133. The fourth-order valence-electron chi connectivity index (χ4n) is 2.89. The van der Waals surface area contributed by atoms with Crippen LogP contribution in [0.5, 0.6) is 0 Å². The highest BCUT2D eigenvalue weighted by atomic mass is 79.9. The van der Waals surface area contributed by atoms with Crippen molar-refractivity contribution in [2.75, 3.05) is 19.4 Å². The van der Waals surface area contributed by atoms with E-state index in [2.05, 4.69) is 20.9 Å². The summed E-state index contributed by atoms with van der Waals surface area (Å²) in [6.45, 7) is 3.87. The van der Waals surface area contributed by atoms with Crippen molar-refractivity contribution in [1.82, 2.24) is 9.88 Å². The molecular formula is C20H20BrN3O3S. The van der Waals surface area contributed by atoms with Gasteiger partial charge in [0.2, 0.25) is 0 Å². The van der Waals surface area contributed by atoms with Gasteiger partial charge in [0.25, 0.3) is 5.91 Å². The quantitative estimate of drug-likeness (QED) is 0.578. The first kappa shape index (κ1) is 20.3.